The minimum Gasteiger partial charge on any atom is -0.388 e. The first-order valence-electron chi connectivity index (χ1n) is 7.02. The first-order chi connectivity index (χ1) is 10.9. The summed E-state index contributed by atoms with van der Waals surface area (Å²) in [5.74, 6) is -1.83. The number of halogens is 1. The Hall–Kier alpha value is -2.14. The Kier molecular flexibility index (Phi) is 5.55. The lowest BCUT2D eigenvalue weighted by Gasteiger charge is -2.31. The highest BCUT2D eigenvalue weighted by Crippen LogP contribution is 2.21. The number of ether oxygens (including phenoxy) is 1. The molecule has 2 amide bonds. The summed E-state index contributed by atoms with van der Waals surface area (Å²) in [4.78, 5) is 23.7. The molecule has 1 aliphatic heterocycles. The normalized spacial score (nSPS) is 16.2. The third-order valence-electron chi connectivity index (χ3n) is 3.56. The second-order valence-corrected chi connectivity index (χ2v) is 5.71. The highest BCUT2D eigenvalue weighted by molar-refractivity contribution is 6.40. The summed E-state index contributed by atoms with van der Waals surface area (Å²) >= 11 is 5.81. The SMILES string of the molecule is N#Cc1ccc(Cl)cc1NC(=O)C(=O)NCC1(O)CCOCC1. The lowest BCUT2D eigenvalue weighted by molar-refractivity contribution is -0.137. The predicted octanol–water partition coefficient (Wildman–Crippen LogP) is 0.808. The molecular weight excluding hydrogens is 322 g/mol. The molecule has 0 spiro atoms. The summed E-state index contributed by atoms with van der Waals surface area (Å²) in [5, 5.41) is 24.3. The number of nitriles is 1. The lowest BCUT2D eigenvalue weighted by atomic mass is 9.94. The average Bonchev–Trinajstić information content (AvgIpc) is 2.53. The fraction of sp³-hybridized carbons (Fsp3) is 0.400. The molecule has 0 saturated carbocycles. The Labute approximate surface area is 138 Å². The molecular formula is C15H16ClN3O4. The van der Waals surface area contributed by atoms with Gasteiger partial charge in [0.15, 0.2) is 0 Å². The van der Waals surface area contributed by atoms with Crippen LogP contribution in [0.25, 0.3) is 0 Å². The number of rotatable bonds is 3. The smallest absolute Gasteiger partial charge is 0.313 e. The van der Waals surface area contributed by atoms with Crippen molar-refractivity contribution in [2.45, 2.75) is 18.4 Å². The predicted molar refractivity (Wildman–Crippen MR) is 82.8 cm³/mol. The van der Waals surface area contributed by atoms with Crippen molar-refractivity contribution in [3.63, 3.8) is 0 Å². The second kappa shape index (κ2) is 7.42. The van der Waals surface area contributed by atoms with Gasteiger partial charge in [-0.3, -0.25) is 9.59 Å². The Bertz CT molecular complexity index is 651. The Morgan fingerprint density at radius 1 is 1.35 bits per heavy atom. The number of carbonyl (C=O) groups is 2. The number of carbonyl (C=O) groups excluding carboxylic acids is 2. The molecule has 1 heterocycles. The van der Waals surface area contributed by atoms with Crippen molar-refractivity contribution in [3.8, 4) is 6.07 Å². The van der Waals surface area contributed by atoms with Crippen molar-refractivity contribution in [1.29, 1.82) is 5.26 Å². The van der Waals surface area contributed by atoms with Crippen LogP contribution >= 0.6 is 11.6 Å². The Morgan fingerprint density at radius 3 is 2.70 bits per heavy atom. The van der Waals surface area contributed by atoms with Gasteiger partial charge in [-0.05, 0) is 18.2 Å². The van der Waals surface area contributed by atoms with Gasteiger partial charge >= 0.3 is 11.8 Å². The molecule has 0 atom stereocenters. The molecule has 1 fully saturated rings. The molecule has 1 saturated heterocycles. The van der Waals surface area contributed by atoms with Crippen LogP contribution in [0.15, 0.2) is 18.2 Å². The number of hydrogen-bond acceptors (Lipinski definition) is 5. The molecule has 1 aromatic carbocycles. The topological polar surface area (TPSA) is 111 Å². The fourth-order valence-corrected chi connectivity index (χ4v) is 2.32. The van der Waals surface area contributed by atoms with Crippen molar-refractivity contribution in [3.05, 3.63) is 28.8 Å². The zero-order chi connectivity index (χ0) is 16.9. The molecule has 0 aliphatic carbocycles. The number of nitrogens with zero attached hydrogens (tertiary/aromatic N) is 1. The maximum absolute atomic E-state index is 11.9. The van der Waals surface area contributed by atoms with Crippen molar-refractivity contribution in [2.24, 2.45) is 0 Å². The maximum Gasteiger partial charge on any atom is 0.313 e. The molecule has 0 radical (unpaired) electrons. The van der Waals surface area contributed by atoms with Gasteiger partial charge in [0.05, 0.1) is 16.9 Å². The van der Waals surface area contributed by atoms with Crippen LogP contribution in [0.4, 0.5) is 5.69 Å². The van der Waals surface area contributed by atoms with Gasteiger partial charge in [0.2, 0.25) is 0 Å². The zero-order valence-corrected chi connectivity index (χ0v) is 13.0. The van der Waals surface area contributed by atoms with E-state index in [2.05, 4.69) is 10.6 Å². The van der Waals surface area contributed by atoms with Gasteiger partial charge < -0.3 is 20.5 Å². The van der Waals surface area contributed by atoms with E-state index in [4.69, 9.17) is 21.6 Å². The van der Waals surface area contributed by atoms with Crippen LogP contribution in [0.2, 0.25) is 5.02 Å². The summed E-state index contributed by atoms with van der Waals surface area (Å²) in [6.07, 6.45) is 0.781. The number of hydrogen-bond donors (Lipinski definition) is 3. The zero-order valence-electron chi connectivity index (χ0n) is 12.3. The fourth-order valence-electron chi connectivity index (χ4n) is 2.15. The van der Waals surface area contributed by atoms with Crippen molar-refractivity contribution < 1.29 is 19.4 Å². The standard InChI is InChI=1S/C15H16ClN3O4/c16-11-2-1-10(8-17)12(7-11)19-14(21)13(20)18-9-15(22)3-5-23-6-4-15/h1-2,7,22H,3-6,9H2,(H,18,20)(H,19,21). The van der Waals surface area contributed by atoms with E-state index in [0.29, 0.717) is 31.1 Å². The number of nitrogens with one attached hydrogen (secondary N) is 2. The molecule has 0 unspecified atom stereocenters. The molecule has 0 aromatic heterocycles. The molecule has 122 valence electrons. The highest BCUT2D eigenvalue weighted by Gasteiger charge is 2.31. The number of aliphatic hydroxyl groups is 1. The summed E-state index contributed by atoms with van der Waals surface area (Å²) in [5.41, 5.74) is -0.717. The lowest BCUT2D eigenvalue weighted by Crippen LogP contribution is -2.48. The van der Waals surface area contributed by atoms with E-state index in [9.17, 15) is 14.7 Å². The third-order valence-corrected chi connectivity index (χ3v) is 3.79. The quantitative estimate of drug-likeness (QED) is 0.707. The van der Waals surface area contributed by atoms with Crippen molar-refractivity contribution in [2.75, 3.05) is 25.1 Å². The molecule has 1 aromatic rings. The van der Waals surface area contributed by atoms with Gasteiger partial charge in [0.1, 0.15) is 6.07 Å². The molecule has 0 bridgehead atoms. The number of amides is 2. The molecule has 2 rings (SSSR count). The monoisotopic (exact) mass is 337 g/mol. The second-order valence-electron chi connectivity index (χ2n) is 5.28. The van der Waals surface area contributed by atoms with Crippen LogP contribution in [0.5, 0.6) is 0 Å². The van der Waals surface area contributed by atoms with E-state index in [0.717, 1.165) is 0 Å². The number of benzene rings is 1. The summed E-state index contributed by atoms with van der Waals surface area (Å²) in [6.45, 7) is 0.780. The molecule has 1 aliphatic rings. The van der Waals surface area contributed by atoms with Crippen LogP contribution in [-0.2, 0) is 14.3 Å². The van der Waals surface area contributed by atoms with Crippen molar-refractivity contribution >= 4 is 29.1 Å². The Morgan fingerprint density at radius 2 is 2.04 bits per heavy atom. The van der Waals surface area contributed by atoms with Gasteiger partial charge in [-0.25, -0.2) is 0 Å². The van der Waals surface area contributed by atoms with Gasteiger partial charge in [0.25, 0.3) is 0 Å². The van der Waals surface area contributed by atoms with E-state index in [1.807, 2.05) is 6.07 Å². The Balaban J connectivity index is 1.94. The summed E-state index contributed by atoms with van der Waals surface area (Å²) < 4.78 is 5.14. The number of anilines is 1. The van der Waals surface area contributed by atoms with Crippen LogP contribution in [-0.4, -0.2) is 42.3 Å². The largest absolute Gasteiger partial charge is 0.388 e. The van der Waals surface area contributed by atoms with E-state index in [1.165, 1.54) is 18.2 Å². The van der Waals surface area contributed by atoms with Gasteiger partial charge in [-0.2, -0.15) is 5.26 Å². The van der Waals surface area contributed by atoms with E-state index in [1.54, 1.807) is 0 Å². The van der Waals surface area contributed by atoms with Crippen molar-refractivity contribution in [1.82, 2.24) is 5.32 Å². The maximum atomic E-state index is 11.9. The molecule has 3 N–H and O–H groups in total. The van der Waals surface area contributed by atoms with E-state index in [-0.39, 0.29) is 17.8 Å². The van der Waals surface area contributed by atoms with Crippen LogP contribution in [0.1, 0.15) is 18.4 Å². The summed E-state index contributed by atoms with van der Waals surface area (Å²) in [6, 6.07) is 6.24. The first kappa shape index (κ1) is 17.2. The van der Waals surface area contributed by atoms with Crippen LogP contribution < -0.4 is 10.6 Å². The van der Waals surface area contributed by atoms with E-state index < -0.39 is 17.4 Å². The molecule has 8 heteroatoms. The minimum absolute atomic E-state index is 0.0384. The average molecular weight is 338 g/mol. The minimum atomic E-state index is -1.07. The van der Waals surface area contributed by atoms with Gasteiger partial charge in [-0.1, -0.05) is 11.6 Å². The van der Waals surface area contributed by atoms with E-state index >= 15 is 0 Å². The molecule has 7 nitrogen and oxygen atoms in total. The van der Waals surface area contributed by atoms with Gasteiger partial charge in [-0.15, -0.1) is 0 Å². The third kappa shape index (κ3) is 4.66. The van der Waals surface area contributed by atoms with Crippen LogP contribution in [0.3, 0.4) is 0 Å². The highest BCUT2D eigenvalue weighted by atomic mass is 35.5. The molecule has 23 heavy (non-hydrogen) atoms. The first-order valence-corrected chi connectivity index (χ1v) is 7.40. The van der Waals surface area contributed by atoms with Crippen LogP contribution in [0, 0.1) is 11.3 Å². The van der Waals surface area contributed by atoms with Gasteiger partial charge in [0, 0.05) is 37.6 Å². The summed E-state index contributed by atoms with van der Waals surface area (Å²) in [7, 11) is 0.